The summed E-state index contributed by atoms with van der Waals surface area (Å²) in [7, 11) is 1.87. The zero-order valence-corrected chi connectivity index (χ0v) is 9.98. The number of hydrogen-bond acceptors (Lipinski definition) is 3. The van der Waals surface area contributed by atoms with Crippen LogP contribution in [0, 0.1) is 0 Å². The van der Waals surface area contributed by atoms with Crippen LogP contribution in [0.2, 0.25) is 0 Å². The van der Waals surface area contributed by atoms with E-state index in [2.05, 4.69) is 15.5 Å². The van der Waals surface area contributed by atoms with Crippen LogP contribution in [0.25, 0.3) is 0 Å². The number of rotatable bonds is 5. The predicted octanol–water partition coefficient (Wildman–Crippen LogP) is 2.04. The first-order chi connectivity index (χ1) is 8.66. The Kier molecular flexibility index (Phi) is 3.99. The molecule has 1 heterocycles. The van der Waals surface area contributed by atoms with Gasteiger partial charge in [0.15, 0.2) is 0 Å². The molecule has 96 valence electrons. The Morgan fingerprint density at radius 2 is 1.94 bits per heavy atom. The summed E-state index contributed by atoms with van der Waals surface area (Å²) in [4.78, 5) is 0. The summed E-state index contributed by atoms with van der Waals surface area (Å²) in [5.41, 5.74) is 1.01. The summed E-state index contributed by atoms with van der Waals surface area (Å²) in [5, 5.41) is 10.9. The van der Waals surface area contributed by atoms with Gasteiger partial charge in [0, 0.05) is 19.2 Å². The normalized spacial score (nSPS) is 11.1. The molecule has 0 bridgehead atoms. The molecule has 2 aromatic rings. The average Bonchev–Trinajstić information content (AvgIpc) is 2.76. The number of halogens is 2. The van der Waals surface area contributed by atoms with Crippen molar-refractivity contribution in [2.75, 3.05) is 0 Å². The van der Waals surface area contributed by atoms with Crippen molar-refractivity contribution < 1.29 is 8.78 Å². The third kappa shape index (κ3) is 3.10. The first-order valence-corrected chi connectivity index (χ1v) is 5.57. The Morgan fingerprint density at radius 1 is 1.22 bits per heavy atom. The minimum Gasteiger partial charge on any atom is -0.320 e. The van der Waals surface area contributed by atoms with E-state index in [0.29, 0.717) is 13.1 Å². The number of nitrogens with zero attached hydrogens (tertiary/aromatic N) is 3. The fourth-order valence-electron chi connectivity index (χ4n) is 1.57. The lowest BCUT2D eigenvalue weighted by Gasteiger charge is -2.05. The highest BCUT2D eigenvalue weighted by atomic mass is 19.3. The molecule has 0 spiro atoms. The zero-order valence-electron chi connectivity index (χ0n) is 9.98. The molecular formula is C12H14F2N4. The van der Waals surface area contributed by atoms with Crippen LogP contribution in [0.3, 0.4) is 0 Å². The van der Waals surface area contributed by atoms with Crippen molar-refractivity contribution in [2.45, 2.75) is 19.5 Å². The molecule has 4 nitrogen and oxygen atoms in total. The average molecular weight is 252 g/mol. The van der Waals surface area contributed by atoms with Crippen molar-refractivity contribution in [1.29, 1.82) is 0 Å². The summed E-state index contributed by atoms with van der Waals surface area (Å²) in [5.74, 6) is 0.833. The number of benzene rings is 1. The third-order valence-corrected chi connectivity index (χ3v) is 2.65. The van der Waals surface area contributed by atoms with E-state index in [1.54, 1.807) is 18.5 Å². The highest BCUT2D eigenvalue weighted by Gasteiger charge is 2.05. The monoisotopic (exact) mass is 252 g/mol. The molecule has 18 heavy (non-hydrogen) atoms. The number of nitrogens with one attached hydrogen (secondary N) is 1. The van der Waals surface area contributed by atoms with E-state index in [0.717, 1.165) is 11.4 Å². The van der Waals surface area contributed by atoms with E-state index in [9.17, 15) is 8.78 Å². The molecule has 0 amide bonds. The van der Waals surface area contributed by atoms with Gasteiger partial charge >= 0.3 is 0 Å². The van der Waals surface area contributed by atoms with Gasteiger partial charge in [-0.25, -0.2) is 8.78 Å². The molecular weight excluding hydrogens is 238 g/mol. The van der Waals surface area contributed by atoms with Gasteiger partial charge in [0.2, 0.25) is 0 Å². The van der Waals surface area contributed by atoms with E-state index < -0.39 is 6.43 Å². The molecule has 0 saturated carbocycles. The summed E-state index contributed by atoms with van der Waals surface area (Å²) < 4.78 is 26.5. The van der Waals surface area contributed by atoms with Gasteiger partial charge < -0.3 is 9.88 Å². The van der Waals surface area contributed by atoms with E-state index in [1.165, 1.54) is 12.1 Å². The number of aryl methyl sites for hydroxylation is 1. The lowest BCUT2D eigenvalue weighted by atomic mass is 10.1. The van der Waals surface area contributed by atoms with Crippen LogP contribution in [0.15, 0.2) is 30.6 Å². The molecule has 0 radical (unpaired) electrons. The van der Waals surface area contributed by atoms with Gasteiger partial charge in [-0.15, -0.1) is 10.2 Å². The van der Waals surface area contributed by atoms with Gasteiger partial charge in [-0.2, -0.15) is 0 Å². The number of alkyl halides is 2. The first kappa shape index (κ1) is 12.6. The molecule has 0 unspecified atom stereocenters. The lowest BCUT2D eigenvalue weighted by molar-refractivity contribution is 0.151. The van der Waals surface area contributed by atoms with Crippen LogP contribution >= 0.6 is 0 Å². The number of aromatic nitrogens is 3. The van der Waals surface area contributed by atoms with E-state index in [-0.39, 0.29) is 5.56 Å². The van der Waals surface area contributed by atoms with Gasteiger partial charge in [-0.05, 0) is 5.56 Å². The van der Waals surface area contributed by atoms with Crippen molar-refractivity contribution in [3.8, 4) is 0 Å². The molecule has 1 aromatic heterocycles. The van der Waals surface area contributed by atoms with Crippen molar-refractivity contribution in [3.63, 3.8) is 0 Å². The highest BCUT2D eigenvalue weighted by Crippen LogP contribution is 2.18. The van der Waals surface area contributed by atoms with Crippen molar-refractivity contribution in [3.05, 3.63) is 47.5 Å². The van der Waals surface area contributed by atoms with Crippen molar-refractivity contribution >= 4 is 0 Å². The second-order valence-corrected chi connectivity index (χ2v) is 4.00. The largest absolute Gasteiger partial charge is 0.320 e. The molecule has 0 aliphatic heterocycles. The summed E-state index contributed by atoms with van der Waals surface area (Å²) >= 11 is 0. The van der Waals surface area contributed by atoms with Crippen LogP contribution < -0.4 is 5.32 Å². The smallest absolute Gasteiger partial charge is 0.263 e. The Balaban J connectivity index is 1.85. The maximum absolute atomic E-state index is 12.3. The summed E-state index contributed by atoms with van der Waals surface area (Å²) in [6, 6.07) is 6.30. The van der Waals surface area contributed by atoms with Crippen LogP contribution in [0.4, 0.5) is 8.78 Å². The summed E-state index contributed by atoms with van der Waals surface area (Å²) in [6.07, 6.45) is -0.778. The SMILES string of the molecule is Cn1cnnc1CNCc1ccc(C(F)F)cc1. The van der Waals surface area contributed by atoms with Gasteiger partial charge in [0.1, 0.15) is 12.2 Å². The minimum atomic E-state index is -2.41. The molecule has 0 saturated heterocycles. The van der Waals surface area contributed by atoms with Gasteiger partial charge in [0.05, 0.1) is 6.54 Å². The lowest BCUT2D eigenvalue weighted by Crippen LogP contribution is -2.15. The third-order valence-electron chi connectivity index (χ3n) is 2.65. The Labute approximate surface area is 104 Å². The second-order valence-electron chi connectivity index (χ2n) is 4.00. The fraction of sp³-hybridized carbons (Fsp3) is 0.333. The van der Waals surface area contributed by atoms with Crippen LogP contribution in [0.1, 0.15) is 23.4 Å². The van der Waals surface area contributed by atoms with Crippen molar-refractivity contribution in [2.24, 2.45) is 7.05 Å². The minimum absolute atomic E-state index is 0.0482. The van der Waals surface area contributed by atoms with Gasteiger partial charge in [-0.3, -0.25) is 0 Å². The Bertz CT molecular complexity index is 493. The molecule has 2 rings (SSSR count). The van der Waals surface area contributed by atoms with Crippen molar-refractivity contribution in [1.82, 2.24) is 20.1 Å². The maximum atomic E-state index is 12.3. The number of hydrogen-bond donors (Lipinski definition) is 1. The van der Waals surface area contributed by atoms with E-state index >= 15 is 0 Å². The molecule has 6 heteroatoms. The maximum Gasteiger partial charge on any atom is 0.263 e. The van der Waals surface area contributed by atoms with Crippen LogP contribution in [0.5, 0.6) is 0 Å². The quantitative estimate of drug-likeness (QED) is 0.885. The standard InChI is InChI=1S/C12H14F2N4/c1-18-8-16-17-11(18)7-15-6-9-2-4-10(5-3-9)12(13)14/h2-5,8,12,15H,6-7H2,1H3. The molecule has 0 aliphatic carbocycles. The highest BCUT2D eigenvalue weighted by molar-refractivity contribution is 5.23. The van der Waals surface area contributed by atoms with Crippen LogP contribution in [-0.2, 0) is 20.1 Å². The molecule has 0 atom stereocenters. The Morgan fingerprint density at radius 3 is 2.50 bits per heavy atom. The van der Waals surface area contributed by atoms with Gasteiger partial charge in [0.25, 0.3) is 6.43 Å². The topological polar surface area (TPSA) is 42.7 Å². The van der Waals surface area contributed by atoms with Gasteiger partial charge in [-0.1, -0.05) is 24.3 Å². The van der Waals surface area contributed by atoms with Crippen LogP contribution in [-0.4, -0.2) is 14.8 Å². The second kappa shape index (κ2) is 5.68. The molecule has 1 aromatic carbocycles. The molecule has 0 aliphatic rings. The van der Waals surface area contributed by atoms with E-state index in [1.807, 2.05) is 11.6 Å². The summed E-state index contributed by atoms with van der Waals surface area (Å²) in [6.45, 7) is 1.20. The fourth-order valence-corrected chi connectivity index (χ4v) is 1.57. The van der Waals surface area contributed by atoms with E-state index in [4.69, 9.17) is 0 Å². The first-order valence-electron chi connectivity index (χ1n) is 5.57. The molecule has 1 N–H and O–H groups in total. The molecule has 0 fully saturated rings. The predicted molar refractivity (Wildman–Crippen MR) is 62.9 cm³/mol. The zero-order chi connectivity index (χ0) is 13.0. The Hall–Kier alpha value is -1.82.